The smallest absolute Gasteiger partial charge is 0.253 e. The SMILES string of the molecule is COc1cc2[nH]c(=O)c(CNc3ccc(N4CCC[C@H](O)C4)cc3)cc2c(OC)c1OC. The van der Waals surface area contributed by atoms with Crippen molar-refractivity contribution in [1.29, 1.82) is 0 Å². The van der Waals surface area contributed by atoms with Gasteiger partial charge in [-0.05, 0) is 43.2 Å². The highest BCUT2D eigenvalue weighted by molar-refractivity contribution is 5.90. The number of piperidine rings is 1. The van der Waals surface area contributed by atoms with E-state index in [4.69, 9.17) is 14.2 Å². The van der Waals surface area contributed by atoms with Crippen molar-refractivity contribution in [3.8, 4) is 17.2 Å². The Bertz CT molecular complexity index is 1140. The van der Waals surface area contributed by atoms with Gasteiger partial charge in [0.1, 0.15) is 0 Å². The molecule has 8 nitrogen and oxygen atoms in total. The highest BCUT2D eigenvalue weighted by Gasteiger charge is 2.19. The van der Waals surface area contributed by atoms with Gasteiger partial charge in [0, 0.05) is 48.0 Å². The Morgan fingerprint density at radius 3 is 2.50 bits per heavy atom. The van der Waals surface area contributed by atoms with Gasteiger partial charge in [0.05, 0.1) is 33.0 Å². The van der Waals surface area contributed by atoms with E-state index in [0.717, 1.165) is 36.1 Å². The summed E-state index contributed by atoms with van der Waals surface area (Å²) in [6.07, 6.45) is 1.59. The average molecular weight is 440 g/mol. The van der Waals surface area contributed by atoms with Crippen molar-refractivity contribution in [1.82, 2.24) is 4.98 Å². The molecule has 2 aromatic carbocycles. The van der Waals surface area contributed by atoms with E-state index in [1.54, 1.807) is 20.3 Å². The fourth-order valence-corrected chi connectivity index (χ4v) is 4.18. The number of aliphatic hydroxyl groups is 1. The maximum atomic E-state index is 12.7. The van der Waals surface area contributed by atoms with Crippen molar-refractivity contribution in [3.05, 3.63) is 52.3 Å². The van der Waals surface area contributed by atoms with Crippen LogP contribution in [0.1, 0.15) is 18.4 Å². The number of ether oxygens (including phenoxy) is 3. The lowest BCUT2D eigenvalue weighted by atomic mass is 10.1. The standard InChI is InChI=1S/C24H29N3O5/c1-30-21-12-20-19(22(31-2)23(21)32-3)11-15(24(29)26-20)13-25-16-6-8-17(9-7-16)27-10-4-5-18(28)14-27/h6-9,11-12,18,25,28H,4-5,10,13-14H2,1-3H3,(H,26,29)/t18-/m0/s1. The molecule has 8 heteroatoms. The zero-order chi connectivity index (χ0) is 22.7. The first-order valence-electron chi connectivity index (χ1n) is 10.7. The Kier molecular flexibility index (Phi) is 6.41. The molecule has 0 aliphatic carbocycles. The molecule has 1 atom stereocenters. The zero-order valence-corrected chi connectivity index (χ0v) is 18.6. The molecule has 0 spiro atoms. The van der Waals surface area contributed by atoms with Crippen LogP contribution in [0.5, 0.6) is 17.2 Å². The van der Waals surface area contributed by atoms with Crippen LogP contribution in [0.3, 0.4) is 0 Å². The van der Waals surface area contributed by atoms with Crippen LogP contribution in [0.2, 0.25) is 0 Å². The summed E-state index contributed by atoms with van der Waals surface area (Å²) in [6.45, 7) is 1.96. The van der Waals surface area contributed by atoms with Gasteiger partial charge in [-0.1, -0.05) is 0 Å². The molecule has 32 heavy (non-hydrogen) atoms. The second-order valence-corrected chi connectivity index (χ2v) is 7.87. The van der Waals surface area contributed by atoms with E-state index < -0.39 is 0 Å². The van der Waals surface area contributed by atoms with Crippen LogP contribution < -0.4 is 30.0 Å². The zero-order valence-electron chi connectivity index (χ0n) is 18.6. The Morgan fingerprint density at radius 2 is 1.84 bits per heavy atom. The van der Waals surface area contributed by atoms with Crippen molar-refractivity contribution in [2.45, 2.75) is 25.5 Å². The molecule has 3 aromatic rings. The molecular formula is C24H29N3O5. The molecule has 1 aliphatic rings. The molecule has 0 saturated carbocycles. The summed E-state index contributed by atoms with van der Waals surface area (Å²) in [4.78, 5) is 17.8. The number of methoxy groups -OCH3 is 3. The second-order valence-electron chi connectivity index (χ2n) is 7.87. The van der Waals surface area contributed by atoms with Gasteiger partial charge >= 0.3 is 0 Å². The maximum absolute atomic E-state index is 12.7. The van der Waals surface area contributed by atoms with E-state index in [-0.39, 0.29) is 11.7 Å². The highest BCUT2D eigenvalue weighted by atomic mass is 16.5. The summed E-state index contributed by atoms with van der Waals surface area (Å²) in [7, 11) is 4.65. The monoisotopic (exact) mass is 439 g/mol. The molecule has 3 N–H and O–H groups in total. The van der Waals surface area contributed by atoms with Gasteiger partial charge in [-0.2, -0.15) is 0 Å². The Hall–Kier alpha value is -3.39. The number of fused-ring (bicyclic) bond motifs is 1. The average Bonchev–Trinajstić information content (AvgIpc) is 2.81. The number of nitrogens with one attached hydrogen (secondary N) is 2. The summed E-state index contributed by atoms with van der Waals surface area (Å²) < 4.78 is 16.4. The summed E-state index contributed by atoms with van der Waals surface area (Å²) in [6, 6.07) is 11.6. The molecule has 0 bridgehead atoms. The number of hydrogen-bond donors (Lipinski definition) is 3. The van der Waals surface area contributed by atoms with Crippen LogP contribution >= 0.6 is 0 Å². The normalized spacial score (nSPS) is 16.1. The van der Waals surface area contributed by atoms with Gasteiger partial charge in [-0.15, -0.1) is 0 Å². The number of β-amino-alcohol motifs (C(OH)–C–C–N with tert-alkyl or cyclic N) is 1. The quantitative estimate of drug-likeness (QED) is 0.521. The third-order valence-corrected chi connectivity index (χ3v) is 5.84. The first kappa shape index (κ1) is 21.8. The lowest BCUT2D eigenvalue weighted by molar-refractivity contribution is 0.154. The first-order chi connectivity index (χ1) is 15.5. The number of pyridine rings is 1. The Morgan fingerprint density at radius 1 is 1.09 bits per heavy atom. The number of anilines is 2. The van der Waals surface area contributed by atoms with E-state index >= 15 is 0 Å². The maximum Gasteiger partial charge on any atom is 0.253 e. The minimum Gasteiger partial charge on any atom is -0.493 e. The third kappa shape index (κ3) is 4.31. The predicted molar refractivity (Wildman–Crippen MR) is 125 cm³/mol. The molecule has 1 saturated heterocycles. The molecular weight excluding hydrogens is 410 g/mol. The molecule has 1 aliphatic heterocycles. The van der Waals surface area contributed by atoms with E-state index in [2.05, 4.69) is 15.2 Å². The summed E-state index contributed by atoms with van der Waals surface area (Å²) >= 11 is 0. The van der Waals surface area contributed by atoms with Crippen LogP contribution in [0, 0.1) is 0 Å². The van der Waals surface area contributed by atoms with E-state index in [9.17, 15) is 9.90 Å². The fourth-order valence-electron chi connectivity index (χ4n) is 4.18. The van der Waals surface area contributed by atoms with Gasteiger partial charge in [0.2, 0.25) is 5.75 Å². The largest absolute Gasteiger partial charge is 0.493 e. The minimum atomic E-state index is -0.267. The number of aromatic nitrogens is 1. The number of aromatic amines is 1. The number of rotatable bonds is 7. The summed E-state index contributed by atoms with van der Waals surface area (Å²) in [5.41, 5.74) is 3.00. The Labute approximate surface area is 186 Å². The number of nitrogens with zero attached hydrogens (tertiary/aromatic N) is 1. The van der Waals surface area contributed by atoms with Gasteiger partial charge in [0.25, 0.3) is 5.56 Å². The van der Waals surface area contributed by atoms with Gasteiger partial charge in [-0.25, -0.2) is 0 Å². The van der Waals surface area contributed by atoms with Crippen molar-refractivity contribution >= 4 is 22.3 Å². The van der Waals surface area contributed by atoms with Crippen molar-refractivity contribution < 1.29 is 19.3 Å². The molecule has 1 fully saturated rings. The van der Waals surface area contributed by atoms with E-state index in [1.807, 2.05) is 30.3 Å². The fraction of sp³-hybridized carbons (Fsp3) is 0.375. The molecule has 1 aromatic heterocycles. The van der Waals surface area contributed by atoms with Crippen LogP contribution in [-0.2, 0) is 6.54 Å². The Balaban J connectivity index is 1.55. The van der Waals surface area contributed by atoms with Crippen molar-refractivity contribution in [3.63, 3.8) is 0 Å². The first-order valence-corrected chi connectivity index (χ1v) is 10.7. The summed E-state index contributed by atoms with van der Waals surface area (Å²) in [5.74, 6) is 1.47. The number of aliphatic hydroxyl groups excluding tert-OH is 1. The van der Waals surface area contributed by atoms with Crippen LogP contribution in [-0.4, -0.2) is 50.6 Å². The lowest BCUT2D eigenvalue weighted by Gasteiger charge is -2.32. The highest BCUT2D eigenvalue weighted by Crippen LogP contribution is 2.42. The minimum absolute atomic E-state index is 0.182. The van der Waals surface area contributed by atoms with Crippen LogP contribution in [0.4, 0.5) is 11.4 Å². The molecule has 0 amide bonds. The third-order valence-electron chi connectivity index (χ3n) is 5.84. The van der Waals surface area contributed by atoms with Crippen molar-refractivity contribution in [2.75, 3.05) is 44.6 Å². The number of H-pyrrole nitrogens is 1. The molecule has 170 valence electrons. The number of benzene rings is 2. The number of hydrogen-bond acceptors (Lipinski definition) is 7. The van der Waals surface area contributed by atoms with Crippen molar-refractivity contribution in [2.24, 2.45) is 0 Å². The second kappa shape index (κ2) is 9.40. The summed E-state index contributed by atoms with van der Waals surface area (Å²) in [5, 5.41) is 13.9. The topological polar surface area (TPSA) is 96.1 Å². The lowest BCUT2D eigenvalue weighted by Crippen LogP contribution is -2.38. The molecule has 2 heterocycles. The van der Waals surface area contributed by atoms with Gasteiger partial charge in [0.15, 0.2) is 11.5 Å². The van der Waals surface area contributed by atoms with Crippen LogP contribution in [0.15, 0.2) is 41.2 Å². The van der Waals surface area contributed by atoms with Crippen LogP contribution in [0.25, 0.3) is 10.9 Å². The molecule has 0 unspecified atom stereocenters. The predicted octanol–water partition coefficient (Wildman–Crippen LogP) is 3.13. The van der Waals surface area contributed by atoms with E-state index in [0.29, 0.717) is 41.4 Å². The molecule has 0 radical (unpaired) electrons. The molecule has 4 rings (SSSR count). The van der Waals surface area contributed by atoms with E-state index in [1.165, 1.54) is 7.11 Å². The van der Waals surface area contributed by atoms with Gasteiger partial charge < -0.3 is 34.5 Å². The van der Waals surface area contributed by atoms with Gasteiger partial charge in [-0.3, -0.25) is 4.79 Å².